The van der Waals surface area contributed by atoms with Crippen LogP contribution in [0.5, 0.6) is 0 Å². The summed E-state index contributed by atoms with van der Waals surface area (Å²) in [5.41, 5.74) is 1.00. The molecule has 0 saturated carbocycles. The van der Waals surface area contributed by atoms with Gasteiger partial charge in [-0.25, -0.2) is 4.79 Å². The van der Waals surface area contributed by atoms with Crippen molar-refractivity contribution in [1.29, 1.82) is 0 Å². The van der Waals surface area contributed by atoms with Gasteiger partial charge in [-0.05, 0) is 57.7 Å². The number of benzene rings is 1. The zero-order valence-electron chi connectivity index (χ0n) is 12.9. The smallest absolute Gasteiger partial charge is 0.408 e. The minimum atomic E-state index is -0.714. The molecule has 1 aromatic rings. The van der Waals surface area contributed by atoms with E-state index in [0.717, 1.165) is 15.6 Å². The molecule has 1 aliphatic rings. The van der Waals surface area contributed by atoms with Crippen LogP contribution >= 0.6 is 15.9 Å². The Hall–Kier alpha value is -1.07. The minimum Gasteiger partial charge on any atom is -0.444 e. The van der Waals surface area contributed by atoms with Crippen LogP contribution in [-0.2, 0) is 17.6 Å². The Bertz CT molecular complexity index is 551. The van der Waals surface area contributed by atoms with Crippen LogP contribution in [0.4, 0.5) is 4.79 Å². The van der Waals surface area contributed by atoms with Crippen LogP contribution in [0.1, 0.15) is 38.8 Å². The molecule has 0 aromatic heterocycles. The van der Waals surface area contributed by atoms with E-state index >= 15 is 0 Å². The van der Waals surface area contributed by atoms with Crippen molar-refractivity contribution in [3.05, 3.63) is 33.8 Å². The number of amides is 1. The lowest BCUT2D eigenvalue weighted by atomic mass is 9.90. The molecule has 0 radical (unpaired) electrons. The molecule has 21 heavy (non-hydrogen) atoms. The number of aliphatic hydroxyl groups is 1. The summed E-state index contributed by atoms with van der Waals surface area (Å²) in [5, 5.41) is 13.1. The summed E-state index contributed by atoms with van der Waals surface area (Å²) in [4.78, 5) is 12.1. The molecule has 0 bridgehead atoms. The fourth-order valence-corrected chi connectivity index (χ4v) is 3.23. The van der Waals surface area contributed by atoms with Gasteiger partial charge in [-0.1, -0.05) is 28.1 Å². The number of fused-ring (bicyclic) bond motifs is 1. The number of ether oxygens (including phenoxy) is 1. The Morgan fingerprint density at radius 2 is 2.10 bits per heavy atom. The zero-order valence-corrected chi connectivity index (χ0v) is 14.5. The third kappa shape index (κ3) is 3.58. The molecule has 1 aliphatic carbocycles. The third-order valence-electron chi connectivity index (χ3n) is 3.76. The molecule has 1 amide bonds. The summed E-state index contributed by atoms with van der Waals surface area (Å²) in [6.07, 6.45) is 0.0101. The molecule has 5 heteroatoms. The fourth-order valence-electron chi connectivity index (χ4n) is 2.68. The van der Waals surface area contributed by atoms with E-state index in [1.54, 1.807) is 6.92 Å². The van der Waals surface area contributed by atoms with Crippen molar-refractivity contribution in [3.63, 3.8) is 0 Å². The predicted molar refractivity (Wildman–Crippen MR) is 85.3 cm³/mol. The lowest BCUT2D eigenvalue weighted by Gasteiger charge is -2.34. The Balaban J connectivity index is 2.22. The molecular weight excluding hydrogens is 334 g/mol. The largest absolute Gasteiger partial charge is 0.444 e. The monoisotopic (exact) mass is 355 g/mol. The van der Waals surface area contributed by atoms with Crippen molar-refractivity contribution in [1.82, 2.24) is 5.32 Å². The summed E-state index contributed by atoms with van der Waals surface area (Å²) >= 11 is 3.54. The Kier molecular flexibility index (Phi) is 4.36. The molecule has 116 valence electrons. The maximum atomic E-state index is 12.1. The first-order chi connectivity index (χ1) is 9.63. The molecule has 2 rings (SSSR count). The molecule has 0 aliphatic heterocycles. The molecule has 0 saturated heterocycles. The highest BCUT2D eigenvalue weighted by atomic mass is 79.9. The highest BCUT2D eigenvalue weighted by Gasteiger charge is 2.44. The van der Waals surface area contributed by atoms with Gasteiger partial charge in [0.15, 0.2) is 0 Å². The van der Waals surface area contributed by atoms with Gasteiger partial charge in [0.1, 0.15) is 5.60 Å². The average Bonchev–Trinajstić information content (AvgIpc) is 2.67. The second-order valence-electron chi connectivity index (χ2n) is 6.69. The van der Waals surface area contributed by atoms with E-state index in [1.807, 2.05) is 39.0 Å². The Labute approximate surface area is 134 Å². The molecule has 0 fully saturated rings. The average molecular weight is 356 g/mol. The maximum Gasteiger partial charge on any atom is 0.408 e. The fraction of sp³-hybridized carbons (Fsp3) is 0.562. The number of aliphatic hydroxyl groups excluding tert-OH is 1. The van der Waals surface area contributed by atoms with Gasteiger partial charge in [0.05, 0.1) is 11.6 Å². The summed E-state index contributed by atoms with van der Waals surface area (Å²) in [6, 6.07) is 5.97. The van der Waals surface area contributed by atoms with Gasteiger partial charge in [0, 0.05) is 4.47 Å². The van der Waals surface area contributed by atoms with Crippen molar-refractivity contribution in [2.75, 3.05) is 0 Å². The highest BCUT2D eigenvalue weighted by Crippen LogP contribution is 2.36. The van der Waals surface area contributed by atoms with Gasteiger partial charge in [-0.15, -0.1) is 0 Å². The SMILES string of the molecule is CC(O)[C@@]1(NC(=O)OC(C)(C)C)Cc2cccc(Br)c2C1. The molecule has 2 N–H and O–H groups in total. The van der Waals surface area contributed by atoms with Crippen LogP contribution in [0, 0.1) is 0 Å². The quantitative estimate of drug-likeness (QED) is 0.856. The first kappa shape index (κ1) is 16.3. The minimum absolute atomic E-state index is 0.493. The molecular formula is C16H22BrNO3. The summed E-state index contributed by atoms with van der Waals surface area (Å²) in [5.74, 6) is 0. The first-order valence-corrected chi connectivity index (χ1v) is 7.88. The normalized spacial score (nSPS) is 22.6. The van der Waals surface area contributed by atoms with E-state index in [1.165, 1.54) is 0 Å². The number of alkyl carbamates (subject to hydrolysis) is 1. The Morgan fingerprint density at radius 3 is 2.62 bits per heavy atom. The van der Waals surface area contributed by atoms with Gasteiger partial charge >= 0.3 is 6.09 Å². The second kappa shape index (κ2) is 5.61. The number of hydrogen-bond donors (Lipinski definition) is 2. The van der Waals surface area contributed by atoms with Gasteiger partial charge in [0.2, 0.25) is 0 Å². The molecule has 2 atom stereocenters. The number of carbonyl (C=O) groups excluding carboxylic acids is 1. The molecule has 0 spiro atoms. The topological polar surface area (TPSA) is 58.6 Å². The number of carbonyl (C=O) groups is 1. The Morgan fingerprint density at radius 1 is 1.43 bits per heavy atom. The van der Waals surface area contributed by atoms with E-state index in [9.17, 15) is 9.90 Å². The lowest BCUT2D eigenvalue weighted by Crippen LogP contribution is -2.57. The van der Waals surface area contributed by atoms with Gasteiger partial charge in [-0.2, -0.15) is 0 Å². The third-order valence-corrected chi connectivity index (χ3v) is 4.51. The van der Waals surface area contributed by atoms with E-state index in [-0.39, 0.29) is 0 Å². The number of halogens is 1. The van der Waals surface area contributed by atoms with E-state index in [0.29, 0.717) is 12.8 Å². The van der Waals surface area contributed by atoms with Crippen molar-refractivity contribution in [2.24, 2.45) is 0 Å². The molecule has 1 aromatic carbocycles. The number of nitrogens with one attached hydrogen (secondary N) is 1. The molecule has 1 unspecified atom stereocenters. The van der Waals surface area contributed by atoms with Crippen LogP contribution in [0.2, 0.25) is 0 Å². The maximum absolute atomic E-state index is 12.1. The lowest BCUT2D eigenvalue weighted by molar-refractivity contribution is 0.0276. The van der Waals surface area contributed by atoms with E-state index < -0.39 is 23.3 Å². The van der Waals surface area contributed by atoms with Crippen LogP contribution in [0.25, 0.3) is 0 Å². The van der Waals surface area contributed by atoms with Gasteiger partial charge in [0.25, 0.3) is 0 Å². The molecule has 4 nitrogen and oxygen atoms in total. The van der Waals surface area contributed by atoms with Crippen molar-refractivity contribution in [3.8, 4) is 0 Å². The van der Waals surface area contributed by atoms with Crippen LogP contribution in [0.15, 0.2) is 22.7 Å². The van der Waals surface area contributed by atoms with Gasteiger partial charge < -0.3 is 15.2 Å². The van der Waals surface area contributed by atoms with Crippen molar-refractivity contribution in [2.45, 2.75) is 57.8 Å². The molecule has 0 heterocycles. The van der Waals surface area contributed by atoms with Crippen LogP contribution in [-0.4, -0.2) is 28.4 Å². The first-order valence-electron chi connectivity index (χ1n) is 7.08. The second-order valence-corrected chi connectivity index (χ2v) is 7.54. The van der Waals surface area contributed by atoms with Gasteiger partial charge in [-0.3, -0.25) is 0 Å². The predicted octanol–water partition coefficient (Wildman–Crippen LogP) is 3.19. The summed E-state index contributed by atoms with van der Waals surface area (Å²) in [6.45, 7) is 7.17. The summed E-state index contributed by atoms with van der Waals surface area (Å²) < 4.78 is 6.34. The van der Waals surface area contributed by atoms with Crippen molar-refractivity contribution < 1.29 is 14.6 Å². The van der Waals surface area contributed by atoms with Crippen LogP contribution < -0.4 is 5.32 Å². The van der Waals surface area contributed by atoms with Crippen LogP contribution in [0.3, 0.4) is 0 Å². The zero-order chi connectivity index (χ0) is 15.8. The standard InChI is InChI=1S/C16H22BrNO3/c1-10(19)16(18-14(20)21-15(2,3)4)8-11-6-5-7-13(17)12(11)9-16/h5-7,10,19H,8-9H2,1-4H3,(H,18,20)/t10?,16-/m1/s1. The highest BCUT2D eigenvalue weighted by molar-refractivity contribution is 9.10. The number of hydrogen-bond acceptors (Lipinski definition) is 3. The van der Waals surface area contributed by atoms with E-state index in [2.05, 4.69) is 21.2 Å². The summed E-state index contributed by atoms with van der Waals surface area (Å²) in [7, 11) is 0. The van der Waals surface area contributed by atoms with Crippen molar-refractivity contribution >= 4 is 22.0 Å². The van der Waals surface area contributed by atoms with E-state index in [4.69, 9.17) is 4.74 Å². The number of rotatable bonds is 2.